The molecule has 0 heterocycles. The van der Waals surface area contributed by atoms with E-state index in [4.69, 9.17) is 0 Å². The molecule has 0 unspecified atom stereocenters. The SMILES string of the molecule is CCC1CCC(NC(=O)c2cccc(C)c2)(C(=O)O)CC1. The molecular formula is C17H23NO3. The lowest BCUT2D eigenvalue weighted by atomic mass is 9.75. The van der Waals surface area contributed by atoms with Crippen molar-refractivity contribution in [2.24, 2.45) is 5.92 Å². The van der Waals surface area contributed by atoms with Gasteiger partial charge in [0.2, 0.25) is 0 Å². The van der Waals surface area contributed by atoms with Crippen LogP contribution < -0.4 is 5.32 Å². The van der Waals surface area contributed by atoms with Crippen LogP contribution in [0.25, 0.3) is 0 Å². The molecule has 0 aliphatic heterocycles. The Hall–Kier alpha value is -1.84. The van der Waals surface area contributed by atoms with Crippen molar-refractivity contribution in [3.05, 3.63) is 35.4 Å². The predicted octanol–water partition coefficient (Wildman–Crippen LogP) is 3.15. The van der Waals surface area contributed by atoms with Gasteiger partial charge in [-0.2, -0.15) is 0 Å². The number of aryl methyl sites for hydroxylation is 1. The zero-order valence-corrected chi connectivity index (χ0v) is 12.7. The molecule has 2 rings (SSSR count). The zero-order chi connectivity index (χ0) is 15.5. The van der Waals surface area contributed by atoms with Crippen molar-refractivity contribution in [2.45, 2.75) is 51.5 Å². The predicted molar refractivity (Wildman–Crippen MR) is 81.3 cm³/mol. The van der Waals surface area contributed by atoms with E-state index >= 15 is 0 Å². The number of hydrogen-bond acceptors (Lipinski definition) is 2. The van der Waals surface area contributed by atoms with E-state index in [0.717, 1.165) is 24.8 Å². The highest BCUT2D eigenvalue weighted by molar-refractivity contribution is 5.98. The molecule has 0 bridgehead atoms. The van der Waals surface area contributed by atoms with Gasteiger partial charge < -0.3 is 10.4 Å². The number of hydrogen-bond donors (Lipinski definition) is 2. The Balaban J connectivity index is 2.14. The molecule has 1 aromatic carbocycles. The molecule has 0 radical (unpaired) electrons. The van der Waals surface area contributed by atoms with E-state index in [1.807, 2.05) is 19.1 Å². The smallest absolute Gasteiger partial charge is 0.329 e. The van der Waals surface area contributed by atoms with Crippen LogP contribution in [0.1, 0.15) is 54.9 Å². The van der Waals surface area contributed by atoms with E-state index < -0.39 is 11.5 Å². The Kier molecular flexibility index (Phi) is 4.66. The minimum atomic E-state index is -1.10. The summed E-state index contributed by atoms with van der Waals surface area (Å²) in [6.45, 7) is 4.04. The third-order valence-electron chi connectivity index (χ3n) is 4.58. The largest absolute Gasteiger partial charge is 0.480 e. The fourth-order valence-corrected chi connectivity index (χ4v) is 3.05. The Morgan fingerprint density at radius 3 is 2.52 bits per heavy atom. The quantitative estimate of drug-likeness (QED) is 0.894. The summed E-state index contributed by atoms with van der Waals surface area (Å²) in [5.41, 5.74) is 0.405. The first-order chi connectivity index (χ1) is 9.97. The number of amides is 1. The highest BCUT2D eigenvalue weighted by atomic mass is 16.4. The summed E-state index contributed by atoms with van der Waals surface area (Å²) in [5.74, 6) is -0.637. The van der Waals surface area contributed by atoms with Gasteiger partial charge in [0.15, 0.2) is 0 Å². The Bertz CT molecular complexity index is 531. The van der Waals surface area contributed by atoms with E-state index in [-0.39, 0.29) is 5.91 Å². The van der Waals surface area contributed by atoms with Crippen LogP contribution in [0.4, 0.5) is 0 Å². The van der Waals surface area contributed by atoms with E-state index in [1.165, 1.54) is 0 Å². The Labute approximate surface area is 125 Å². The highest BCUT2D eigenvalue weighted by Crippen LogP contribution is 2.34. The van der Waals surface area contributed by atoms with Gasteiger partial charge in [0.05, 0.1) is 0 Å². The molecule has 0 aromatic heterocycles. The first-order valence-electron chi connectivity index (χ1n) is 7.59. The van der Waals surface area contributed by atoms with Gasteiger partial charge in [-0.15, -0.1) is 0 Å². The zero-order valence-electron chi connectivity index (χ0n) is 12.7. The van der Waals surface area contributed by atoms with Crippen LogP contribution in [0.15, 0.2) is 24.3 Å². The van der Waals surface area contributed by atoms with Gasteiger partial charge in [-0.25, -0.2) is 4.79 Å². The van der Waals surface area contributed by atoms with Crippen molar-refractivity contribution in [3.63, 3.8) is 0 Å². The molecule has 21 heavy (non-hydrogen) atoms. The van der Waals surface area contributed by atoms with Crippen molar-refractivity contribution in [1.29, 1.82) is 0 Å². The van der Waals surface area contributed by atoms with Gasteiger partial charge in [0.1, 0.15) is 5.54 Å². The van der Waals surface area contributed by atoms with E-state index in [0.29, 0.717) is 24.3 Å². The molecule has 1 aromatic rings. The van der Waals surface area contributed by atoms with E-state index in [1.54, 1.807) is 12.1 Å². The number of carboxylic acids is 1. The topological polar surface area (TPSA) is 66.4 Å². The number of carbonyl (C=O) groups excluding carboxylic acids is 1. The van der Waals surface area contributed by atoms with Crippen molar-refractivity contribution in [3.8, 4) is 0 Å². The second-order valence-electron chi connectivity index (χ2n) is 6.06. The normalized spacial score (nSPS) is 25.3. The molecule has 1 aliphatic carbocycles. The molecule has 0 saturated heterocycles. The summed E-state index contributed by atoms with van der Waals surface area (Å²) in [6.07, 6.45) is 3.81. The van der Waals surface area contributed by atoms with Crippen molar-refractivity contribution < 1.29 is 14.7 Å². The fourth-order valence-electron chi connectivity index (χ4n) is 3.05. The van der Waals surface area contributed by atoms with Crippen LogP contribution in [-0.2, 0) is 4.79 Å². The van der Waals surface area contributed by atoms with Crippen LogP contribution in [0.2, 0.25) is 0 Å². The molecule has 4 nitrogen and oxygen atoms in total. The third kappa shape index (κ3) is 3.43. The van der Waals surface area contributed by atoms with Crippen molar-refractivity contribution >= 4 is 11.9 Å². The van der Waals surface area contributed by atoms with Gasteiger partial charge >= 0.3 is 5.97 Å². The lowest BCUT2D eigenvalue weighted by molar-refractivity contribution is -0.146. The van der Waals surface area contributed by atoms with Gasteiger partial charge in [-0.1, -0.05) is 31.0 Å². The second-order valence-corrected chi connectivity index (χ2v) is 6.06. The minimum absolute atomic E-state index is 0.295. The van der Waals surface area contributed by atoms with Crippen LogP contribution >= 0.6 is 0 Å². The first-order valence-corrected chi connectivity index (χ1v) is 7.59. The summed E-state index contributed by atoms with van der Waals surface area (Å²) in [6, 6.07) is 7.22. The number of rotatable bonds is 4. The maximum absolute atomic E-state index is 12.4. The third-order valence-corrected chi connectivity index (χ3v) is 4.58. The summed E-state index contributed by atoms with van der Waals surface area (Å²) in [5, 5.41) is 12.4. The second kappa shape index (κ2) is 6.29. The Morgan fingerprint density at radius 2 is 2.00 bits per heavy atom. The first kappa shape index (κ1) is 15.5. The molecule has 1 amide bonds. The number of aliphatic carboxylic acids is 1. The van der Waals surface area contributed by atoms with Crippen LogP contribution in [0, 0.1) is 12.8 Å². The highest BCUT2D eigenvalue weighted by Gasteiger charge is 2.43. The summed E-state index contributed by atoms with van der Waals surface area (Å²) in [7, 11) is 0. The summed E-state index contributed by atoms with van der Waals surface area (Å²) < 4.78 is 0. The standard InChI is InChI=1S/C17H23NO3/c1-3-13-7-9-17(10-8-13,16(20)21)18-15(19)14-6-4-5-12(2)11-14/h4-6,11,13H,3,7-10H2,1-2H3,(H,18,19)(H,20,21). The van der Waals surface area contributed by atoms with Crippen LogP contribution in [-0.4, -0.2) is 22.5 Å². The summed E-state index contributed by atoms with van der Waals surface area (Å²) >= 11 is 0. The molecule has 4 heteroatoms. The molecular weight excluding hydrogens is 266 g/mol. The summed E-state index contributed by atoms with van der Waals surface area (Å²) in [4.78, 5) is 24.0. The van der Waals surface area contributed by atoms with E-state index in [9.17, 15) is 14.7 Å². The molecule has 0 atom stereocenters. The average molecular weight is 289 g/mol. The van der Waals surface area contributed by atoms with Gasteiger partial charge in [0, 0.05) is 5.56 Å². The number of nitrogens with one attached hydrogen (secondary N) is 1. The van der Waals surface area contributed by atoms with Crippen molar-refractivity contribution in [1.82, 2.24) is 5.32 Å². The van der Waals surface area contributed by atoms with Crippen LogP contribution in [0.3, 0.4) is 0 Å². The molecule has 1 aliphatic rings. The van der Waals surface area contributed by atoms with Gasteiger partial charge in [-0.3, -0.25) is 4.79 Å². The van der Waals surface area contributed by atoms with E-state index in [2.05, 4.69) is 12.2 Å². The maximum Gasteiger partial charge on any atom is 0.329 e. The minimum Gasteiger partial charge on any atom is -0.480 e. The average Bonchev–Trinajstić information content (AvgIpc) is 2.47. The van der Waals surface area contributed by atoms with Gasteiger partial charge in [-0.05, 0) is 50.7 Å². The van der Waals surface area contributed by atoms with Gasteiger partial charge in [0.25, 0.3) is 5.91 Å². The lowest BCUT2D eigenvalue weighted by Crippen LogP contribution is -2.56. The fraction of sp³-hybridized carbons (Fsp3) is 0.529. The van der Waals surface area contributed by atoms with Crippen molar-refractivity contribution in [2.75, 3.05) is 0 Å². The molecule has 114 valence electrons. The molecule has 0 spiro atoms. The number of benzene rings is 1. The molecule has 1 saturated carbocycles. The monoisotopic (exact) mass is 289 g/mol. The Morgan fingerprint density at radius 1 is 1.33 bits per heavy atom. The number of carbonyl (C=O) groups is 2. The number of carboxylic acid groups (broad SMARTS) is 1. The lowest BCUT2D eigenvalue weighted by Gasteiger charge is -2.37. The molecule has 2 N–H and O–H groups in total. The van der Waals surface area contributed by atoms with Crippen LogP contribution in [0.5, 0.6) is 0 Å². The molecule has 1 fully saturated rings. The maximum atomic E-state index is 12.4.